The van der Waals surface area contributed by atoms with Crippen molar-refractivity contribution in [1.82, 2.24) is 14.5 Å². The van der Waals surface area contributed by atoms with Gasteiger partial charge in [0.25, 0.3) is 0 Å². The van der Waals surface area contributed by atoms with Gasteiger partial charge in [-0.05, 0) is 43.3 Å². The number of anilines is 1. The summed E-state index contributed by atoms with van der Waals surface area (Å²) in [6.45, 7) is 1.83. The first-order valence-corrected chi connectivity index (χ1v) is 11.1. The molecule has 0 amide bonds. The largest absolute Gasteiger partial charge is 0.384 e. The zero-order chi connectivity index (χ0) is 22.6. The molecule has 0 fully saturated rings. The second-order valence-corrected chi connectivity index (χ2v) is 9.21. The van der Waals surface area contributed by atoms with E-state index in [1.54, 1.807) is 36.4 Å². The summed E-state index contributed by atoms with van der Waals surface area (Å²) < 4.78 is 57.6. The Morgan fingerprint density at radius 1 is 0.844 bits per heavy atom. The Labute approximate surface area is 181 Å². The zero-order valence-corrected chi connectivity index (χ0v) is 17.6. The molecule has 2 heterocycles. The van der Waals surface area contributed by atoms with Crippen molar-refractivity contribution in [2.45, 2.75) is 16.7 Å². The van der Waals surface area contributed by atoms with Crippen LogP contribution in [0.5, 0.6) is 0 Å². The van der Waals surface area contributed by atoms with Gasteiger partial charge in [-0.15, -0.1) is 0 Å². The van der Waals surface area contributed by atoms with Crippen LogP contribution in [0.3, 0.4) is 0 Å². The summed E-state index contributed by atoms with van der Waals surface area (Å²) in [5.41, 5.74) is 7.35. The van der Waals surface area contributed by atoms with E-state index in [0.29, 0.717) is 11.0 Å². The van der Waals surface area contributed by atoms with Crippen molar-refractivity contribution in [3.05, 3.63) is 83.9 Å². The van der Waals surface area contributed by atoms with E-state index in [4.69, 9.17) is 5.73 Å². The Balaban J connectivity index is 1.95. The summed E-state index contributed by atoms with van der Waals surface area (Å²) in [4.78, 5) is 8.56. The van der Waals surface area contributed by atoms with E-state index in [-0.39, 0.29) is 26.8 Å². The summed E-state index contributed by atoms with van der Waals surface area (Å²) in [5, 5.41) is 0. The number of aromatic nitrogens is 3. The molecule has 3 aromatic carbocycles. The van der Waals surface area contributed by atoms with E-state index in [9.17, 15) is 17.2 Å². The van der Waals surface area contributed by atoms with E-state index in [0.717, 1.165) is 22.3 Å². The van der Waals surface area contributed by atoms with Crippen LogP contribution in [-0.2, 0) is 9.84 Å². The van der Waals surface area contributed by atoms with Crippen molar-refractivity contribution in [1.29, 1.82) is 0 Å². The lowest BCUT2D eigenvalue weighted by atomic mass is 10.2. The Bertz CT molecular complexity index is 1610. The molecule has 6 nitrogen and oxygen atoms in total. The van der Waals surface area contributed by atoms with E-state index < -0.39 is 27.2 Å². The highest BCUT2D eigenvalue weighted by molar-refractivity contribution is 7.92. The topological polar surface area (TPSA) is 90.9 Å². The predicted octanol–water partition coefficient (Wildman–Crippen LogP) is 4.58. The van der Waals surface area contributed by atoms with Gasteiger partial charge in [-0.25, -0.2) is 27.2 Å². The normalized spacial score (nSPS) is 12.0. The molecule has 2 N–H and O–H groups in total. The molecule has 9 heteroatoms. The first-order chi connectivity index (χ1) is 15.3. The van der Waals surface area contributed by atoms with Crippen LogP contribution >= 0.6 is 0 Å². The average molecular weight is 450 g/mol. The molecule has 32 heavy (non-hydrogen) atoms. The summed E-state index contributed by atoms with van der Waals surface area (Å²) >= 11 is 0. The molecule has 0 atom stereocenters. The summed E-state index contributed by atoms with van der Waals surface area (Å²) in [6.07, 6.45) is 0. The second kappa shape index (κ2) is 7.10. The molecule has 0 radical (unpaired) electrons. The van der Waals surface area contributed by atoms with Crippen LogP contribution < -0.4 is 5.73 Å². The van der Waals surface area contributed by atoms with Gasteiger partial charge in [-0.2, -0.15) is 0 Å². The average Bonchev–Trinajstić information content (AvgIpc) is 3.04. The van der Waals surface area contributed by atoms with Crippen LogP contribution in [0.1, 0.15) is 5.56 Å². The highest BCUT2D eigenvalue weighted by atomic mass is 32.2. The van der Waals surface area contributed by atoms with E-state index in [1.165, 1.54) is 18.2 Å². The smallest absolute Gasteiger partial charge is 0.212 e. The monoisotopic (exact) mass is 450 g/mol. The molecule has 5 rings (SSSR count). The molecule has 5 aromatic rings. The number of aryl methyl sites for hydroxylation is 1. The number of sulfone groups is 1. The Morgan fingerprint density at radius 3 is 2.06 bits per heavy atom. The summed E-state index contributed by atoms with van der Waals surface area (Å²) in [5.74, 6) is -2.20. The van der Waals surface area contributed by atoms with E-state index in [1.807, 2.05) is 6.92 Å². The third-order valence-corrected chi connectivity index (χ3v) is 7.05. The van der Waals surface area contributed by atoms with Crippen LogP contribution in [0.4, 0.5) is 14.6 Å². The van der Waals surface area contributed by atoms with Gasteiger partial charge in [0.1, 0.15) is 33.6 Å². The maximum absolute atomic E-state index is 14.7. The molecule has 2 aromatic heterocycles. The first-order valence-electron chi connectivity index (χ1n) is 9.62. The minimum atomic E-state index is -4.19. The number of nitrogen functional groups attached to an aromatic ring is 1. The Morgan fingerprint density at radius 2 is 1.44 bits per heavy atom. The van der Waals surface area contributed by atoms with Crippen LogP contribution in [0.25, 0.3) is 27.9 Å². The lowest BCUT2D eigenvalue weighted by molar-refractivity contribution is 0.571. The van der Waals surface area contributed by atoms with Crippen molar-refractivity contribution in [3.63, 3.8) is 0 Å². The number of nitrogens with two attached hydrogens (primary N) is 1. The molecule has 160 valence electrons. The summed E-state index contributed by atoms with van der Waals surface area (Å²) in [7, 11) is -4.19. The third kappa shape index (κ3) is 2.93. The molecule has 0 aliphatic carbocycles. The van der Waals surface area contributed by atoms with Gasteiger partial charge in [0.15, 0.2) is 5.65 Å². The van der Waals surface area contributed by atoms with Crippen LogP contribution in [0.2, 0.25) is 0 Å². The number of para-hydroxylation sites is 3. The van der Waals surface area contributed by atoms with Crippen molar-refractivity contribution in [3.8, 4) is 5.69 Å². The molecular formula is C23H16F2N4O2S. The van der Waals surface area contributed by atoms with E-state index >= 15 is 0 Å². The van der Waals surface area contributed by atoms with Gasteiger partial charge in [0.2, 0.25) is 9.84 Å². The molecule has 0 unspecified atom stereocenters. The highest BCUT2D eigenvalue weighted by Crippen LogP contribution is 2.38. The highest BCUT2D eigenvalue weighted by Gasteiger charge is 2.32. The zero-order valence-electron chi connectivity index (χ0n) is 16.8. The van der Waals surface area contributed by atoms with Gasteiger partial charge < -0.3 is 5.73 Å². The second-order valence-electron chi connectivity index (χ2n) is 7.32. The number of hydrogen-bond donors (Lipinski definition) is 1. The van der Waals surface area contributed by atoms with Crippen LogP contribution in [0.15, 0.2) is 76.5 Å². The lowest BCUT2D eigenvalue weighted by Crippen LogP contribution is -2.09. The number of benzene rings is 3. The van der Waals surface area contributed by atoms with E-state index in [2.05, 4.69) is 9.97 Å². The lowest BCUT2D eigenvalue weighted by Gasteiger charge is -2.10. The fourth-order valence-electron chi connectivity index (χ4n) is 3.67. The predicted molar refractivity (Wildman–Crippen MR) is 117 cm³/mol. The van der Waals surface area contributed by atoms with Crippen molar-refractivity contribution in [2.24, 2.45) is 0 Å². The standard InChI is InChI=1S/C23H16F2N4O2S/c1-13-9-11-14(12-10-13)32(30,31)21-19-23(28-18-8-3-2-7-17(18)27-19)29(22(21)26)20-15(24)5-4-6-16(20)25/h2-12H,26H2,1H3. The van der Waals surface area contributed by atoms with Crippen molar-refractivity contribution in [2.75, 3.05) is 5.73 Å². The van der Waals surface area contributed by atoms with Crippen molar-refractivity contribution >= 4 is 37.9 Å². The summed E-state index contributed by atoms with van der Waals surface area (Å²) in [6, 6.07) is 16.3. The first kappa shape index (κ1) is 20.1. The van der Waals surface area contributed by atoms with Gasteiger partial charge in [0, 0.05) is 0 Å². The molecule has 0 saturated carbocycles. The quantitative estimate of drug-likeness (QED) is 0.435. The number of fused-ring (bicyclic) bond motifs is 2. The van der Waals surface area contributed by atoms with Gasteiger partial charge >= 0.3 is 0 Å². The molecule has 0 bridgehead atoms. The minimum Gasteiger partial charge on any atom is -0.384 e. The molecule has 0 saturated heterocycles. The Kier molecular flexibility index (Phi) is 4.45. The van der Waals surface area contributed by atoms with Gasteiger partial charge in [-0.1, -0.05) is 35.9 Å². The minimum absolute atomic E-state index is 0.0159. The molecule has 0 spiro atoms. The van der Waals surface area contributed by atoms with Crippen LogP contribution in [0, 0.1) is 18.6 Å². The van der Waals surface area contributed by atoms with Gasteiger partial charge in [0.05, 0.1) is 15.9 Å². The number of hydrogen-bond acceptors (Lipinski definition) is 5. The molecular weight excluding hydrogens is 434 g/mol. The Hall–Kier alpha value is -3.85. The molecule has 0 aliphatic rings. The van der Waals surface area contributed by atoms with Crippen LogP contribution in [-0.4, -0.2) is 23.0 Å². The SMILES string of the molecule is Cc1ccc(S(=O)(=O)c2c(N)n(-c3c(F)cccc3F)c3nc4ccccc4nc23)cc1. The number of rotatable bonds is 3. The van der Waals surface area contributed by atoms with Crippen molar-refractivity contribution < 1.29 is 17.2 Å². The van der Waals surface area contributed by atoms with Gasteiger partial charge in [-0.3, -0.25) is 4.57 Å². The maximum atomic E-state index is 14.7. The number of nitrogens with zero attached hydrogens (tertiary/aromatic N) is 3. The third-order valence-electron chi connectivity index (χ3n) is 5.21. The number of halogens is 2. The fraction of sp³-hybridized carbons (Fsp3) is 0.0435. The fourth-order valence-corrected chi connectivity index (χ4v) is 5.15. The maximum Gasteiger partial charge on any atom is 0.212 e. The molecule has 0 aliphatic heterocycles.